The van der Waals surface area contributed by atoms with Crippen molar-refractivity contribution in [1.82, 2.24) is 0 Å². The molecule has 0 radical (unpaired) electrons. The van der Waals surface area contributed by atoms with Crippen molar-refractivity contribution < 1.29 is 13.9 Å². The molecule has 1 aromatic rings. The van der Waals surface area contributed by atoms with Gasteiger partial charge in [-0.2, -0.15) is 0 Å². The van der Waals surface area contributed by atoms with Gasteiger partial charge in [0.05, 0.1) is 5.02 Å². The molecule has 4 heteroatoms. The molecule has 2 rings (SSSR count). The molecule has 1 atom stereocenters. The first kappa shape index (κ1) is 8.51. The van der Waals surface area contributed by atoms with Crippen LogP contribution in [0.3, 0.4) is 0 Å². The third kappa shape index (κ3) is 1.40. The van der Waals surface area contributed by atoms with Gasteiger partial charge < -0.3 is 4.74 Å². The number of rotatable bonds is 0. The summed E-state index contributed by atoms with van der Waals surface area (Å²) in [4.78, 5) is 10.9. The van der Waals surface area contributed by atoms with E-state index in [1.807, 2.05) is 0 Å². The van der Waals surface area contributed by atoms with Gasteiger partial charge >= 0.3 is 5.97 Å². The first-order valence-corrected chi connectivity index (χ1v) is 4.19. The maximum Gasteiger partial charge on any atom is 0.346 e. The summed E-state index contributed by atoms with van der Waals surface area (Å²) in [6, 6.07) is 5.00. The Hall–Kier alpha value is -1.09. The first-order valence-electron chi connectivity index (χ1n) is 3.81. The summed E-state index contributed by atoms with van der Waals surface area (Å²) >= 11 is 5.76. The minimum Gasteiger partial charge on any atom is -0.422 e. The molecule has 1 aliphatic rings. The van der Waals surface area contributed by atoms with Crippen LogP contribution in [-0.2, 0) is 11.2 Å². The van der Waals surface area contributed by atoms with Gasteiger partial charge in [-0.1, -0.05) is 23.7 Å². The molecule has 0 aliphatic carbocycles. The van der Waals surface area contributed by atoms with E-state index in [0.717, 1.165) is 0 Å². The van der Waals surface area contributed by atoms with Crippen molar-refractivity contribution in [3.63, 3.8) is 0 Å². The van der Waals surface area contributed by atoms with E-state index >= 15 is 0 Å². The smallest absolute Gasteiger partial charge is 0.346 e. The maximum atomic E-state index is 12.9. The van der Waals surface area contributed by atoms with Crippen molar-refractivity contribution in [1.29, 1.82) is 0 Å². The van der Waals surface area contributed by atoms with Gasteiger partial charge in [0.2, 0.25) is 6.17 Å². The standard InChI is InChI=1S/C9H6ClFO2/c10-6-3-1-2-5-4-7(11)9(12)13-8(5)6/h1-3,7H,4H2/t7-/m0/s1. The second kappa shape index (κ2) is 3.00. The Balaban J connectivity index is 2.48. The summed E-state index contributed by atoms with van der Waals surface area (Å²) in [5, 5.41) is 0.345. The van der Waals surface area contributed by atoms with E-state index in [1.165, 1.54) is 0 Å². The topological polar surface area (TPSA) is 26.3 Å². The van der Waals surface area contributed by atoms with Crippen LogP contribution in [0.15, 0.2) is 18.2 Å². The highest BCUT2D eigenvalue weighted by Gasteiger charge is 2.29. The predicted molar refractivity (Wildman–Crippen MR) is 45.7 cm³/mol. The summed E-state index contributed by atoms with van der Waals surface area (Å²) < 4.78 is 17.6. The summed E-state index contributed by atoms with van der Waals surface area (Å²) in [6.07, 6.45) is -1.51. The second-order valence-electron chi connectivity index (χ2n) is 2.82. The Labute approximate surface area is 79.3 Å². The molecule has 13 heavy (non-hydrogen) atoms. The van der Waals surface area contributed by atoms with Crippen LogP contribution in [0.1, 0.15) is 5.56 Å². The normalized spacial score (nSPS) is 20.8. The fraction of sp³-hybridized carbons (Fsp3) is 0.222. The number of hydrogen-bond donors (Lipinski definition) is 0. The third-order valence-electron chi connectivity index (χ3n) is 1.91. The minimum atomic E-state index is -1.56. The maximum absolute atomic E-state index is 12.9. The number of carbonyl (C=O) groups is 1. The molecule has 0 saturated heterocycles. The van der Waals surface area contributed by atoms with Gasteiger partial charge in [-0.3, -0.25) is 0 Å². The quantitative estimate of drug-likeness (QED) is 0.474. The zero-order valence-corrected chi connectivity index (χ0v) is 7.34. The van der Waals surface area contributed by atoms with Crippen molar-refractivity contribution in [2.24, 2.45) is 0 Å². The van der Waals surface area contributed by atoms with Crippen LogP contribution in [-0.4, -0.2) is 12.1 Å². The SMILES string of the molecule is O=C1Oc2c(Cl)cccc2C[C@@H]1F. The summed E-state index contributed by atoms with van der Waals surface area (Å²) in [5.74, 6) is -0.566. The van der Waals surface area contributed by atoms with Gasteiger partial charge in [0.25, 0.3) is 0 Å². The lowest BCUT2D eigenvalue weighted by Crippen LogP contribution is -2.28. The van der Waals surface area contributed by atoms with Gasteiger partial charge in [0.15, 0.2) is 5.75 Å². The van der Waals surface area contributed by atoms with Crippen LogP contribution in [0.2, 0.25) is 5.02 Å². The molecular formula is C9H6ClFO2. The van der Waals surface area contributed by atoms with E-state index in [1.54, 1.807) is 18.2 Å². The third-order valence-corrected chi connectivity index (χ3v) is 2.20. The molecule has 0 N–H and O–H groups in total. The van der Waals surface area contributed by atoms with E-state index < -0.39 is 12.1 Å². The highest BCUT2D eigenvalue weighted by atomic mass is 35.5. The van der Waals surface area contributed by atoms with Crippen LogP contribution in [0.5, 0.6) is 5.75 Å². The van der Waals surface area contributed by atoms with Crippen LogP contribution in [0.4, 0.5) is 4.39 Å². The van der Waals surface area contributed by atoms with Gasteiger partial charge in [-0.15, -0.1) is 0 Å². The number of halogens is 2. The molecule has 0 fully saturated rings. The Morgan fingerprint density at radius 3 is 3.08 bits per heavy atom. The van der Waals surface area contributed by atoms with Crippen LogP contribution in [0.25, 0.3) is 0 Å². The fourth-order valence-corrected chi connectivity index (χ4v) is 1.50. The fourth-order valence-electron chi connectivity index (χ4n) is 1.27. The number of esters is 1. The van der Waals surface area contributed by atoms with Crippen molar-refractivity contribution in [3.8, 4) is 5.75 Å². The Kier molecular flexibility index (Phi) is 1.96. The lowest BCUT2D eigenvalue weighted by molar-refractivity contribution is -0.141. The number of benzene rings is 1. The number of ether oxygens (including phenoxy) is 1. The molecule has 1 heterocycles. The van der Waals surface area contributed by atoms with Crippen LogP contribution >= 0.6 is 11.6 Å². The lowest BCUT2D eigenvalue weighted by atomic mass is 10.1. The van der Waals surface area contributed by atoms with Crippen LogP contribution < -0.4 is 4.74 Å². The largest absolute Gasteiger partial charge is 0.422 e. The van der Waals surface area contributed by atoms with E-state index in [4.69, 9.17) is 16.3 Å². The van der Waals surface area contributed by atoms with Crippen molar-refractivity contribution in [3.05, 3.63) is 28.8 Å². The monoisotopic (exact) mass is 200 g/mol. The lowest BCUT2D eigenvalue weighted by Gasteiger charge is -2.18. The highest BCUT2D eigenvalue weighted by molar-refractivity contribution is 6.32. The summed E-state index contributed by atoms with van der Waals surface area (Å²) in [7, 11) is 0. The molecular weight excluding hydrogens is 195 g/mol. The number of hydrogen-bond acceptors (Lipinski definition) is 2. The molecule has 0 aromatic heterocycles. The molecule has 1 aromatic carbocycles. The predicted octanol–water partition coefficient (Wildman–Crippen LogP) is 2.14. The molecule has 0 bridgehead atoms. The Morgan fingerprint density at radius 2 is 2.31 bits per heavy atom. The van der Waals surface area contributed by atoms with Gasteiger partial charge in [0.1, 0.15) is 0 Å². The Bertz CT molecular complexity index is 365. The average Bonchev–Trinajstić information content (AvgIpc) is 2.09. The summed E-state index contributed by atoms with van der Waals surface area (Å²) in [6.45, 7) is 0. The number of para-hydroxylation sites is 1. The molecule has 0 saturated carbocycles. The first-order chi connectivity index (χ1) is 6.18. The van der Waals surface area contributed by atoms with E-state index in [0.29, 0.717) is 16.3 Å². The number of alkyl halides is 1. The molecule has 1 aliphatic heterocycles. The second-order valence-corrected chi connectivity index (χ2v) is 3.23. The van der Waals surface area contributed by atoms with Gasteiger partial charge in [-0.05, 0) is 11.6 Å². The van der Waals surface area contributed by atoms with E-state index in [9.17, 15) is 9.18 Å². The van der Waals surface area contributed by atoms with Crippen molar-refractivity contribution in [2.45, 2.75) is 12.6 Å². The molecule has 2 nitrogen and oxygen atoms in total. The highest BCUT2D eigenvalue weighted by Crippen LogP contribution is 2.33. The van der Waals surface area contributed by atoms with Gasteiger partial charge in [-0.25, -0.2) is 9.18 Å². The van der Waals surface area contributed by atoms with Crippen LogP contribution in [0, 0.1) is 0 Å². The zero-order chi connectivity index (χ0) is 9.42. The summed E-state index contributed by atoms with van der Waals surface area (Å²) in [5.41, 5.74) is 0.639. The van der Waals surface area contributed by atoms with E-state index in [2.05, 4.69) is 0 Å². The Morgan fingerprint density at radius 1 is 1.54 bits per heavy atom. The zero-order valence-electron chi connectivity index (χ0n) is 6.59. The van der Waals surface area contributed by atoms with E-state index in [-0.39, 0.29) is 6.42 Å². The number of fused-ring (bicyclic) bond motifs is 1. The van der Waals surface area contributed by atoms with Crippen molar-refractivity contribution in [2.75, 3.05) is 0 Å². The molecule has 0 spiro atoms. The van der Waals surface area contributed by atoms with Crippen molar-refractivity contribution >= 4 is 17.6 Å². The molecule has 68 valence electrons. The van der Waals surface area contributed by atoms with Gasteiger partial charge in [0, 0.05) is 6.42 Å². The molecule has 0 unspecified atom stereocenters. The minimum absolute atomic E-state index is 0.0503. The molecule has 0 amide bonds. The number of carbonyl (C=O) groups excluding carboxylic acids is 1. The average molecular weight is 201 g/mol.